The topological polar surface area (TPSA) is 88.6 Å². The van der Waals surface area contributed by atoms with Crippen LogP contribution in [-0.4, -0.2) is 58.8 Å². The summed E-state index contributed by atoms with van der Waals surface area (Å²) >= 11 is 1.51. The number of nitrogens with one attached hydrogen (secondary N) is 1. The van der Waals surface area contributed by atoms with Crippen molar-refractivity contribution in [3.63, 3.8) is 0 Å². The first kappa shape index (κ1) is 19.0. The molecule has 0 bridgehead atoms. The molecule has 1 aromatic heterocycles. The molecule has 2 fully saturated rings. The van der Waals surface area contributed by atoms with E-state index in [9.17, 15) is 14.4 Å². The highest BCUT2D eigenvalue weighted by Crippen LogP contribution is 2.28. The van der Waals surface area contributed by atoms with E-state index in [0.717, 1.165) is 10.2 Å². The van der Waals surface area contributed by atoms with Gasteiger partial charge in [-0.05, 0) is 37.0 Å². The summed E-state index contributed by atoms with van der Waals surface area (Å²) < 4.78 is 6.49. The number of nitrogens with zero attached hydrogens (tertiary/aromatic N) is 2. The van der Waals surface area contributed by atoms with Gasteiger partial charge in [-0.15, -0.1) is 11.3 Å². The Morgan fingerprint density at radius 3 is 3.00 bits per heavy atom. The van der Waals surface area contributed by atoms with Crippen molar-refractivity contribution in [1.82, 2.24) is 15.2 Å². The van der Waals surface area contributed by atoms with Gasteiger partial charge in [-0.3, -0.25) is 14.4 Å². The number of carbonyl (C=O) groups excluding carboxylic acids is 3. The zero-order chi connectivity index (χ0) is 19.8. The Bertz CT molecular complexity index is 925. The van der Waals surface area contributed by atoms with Crippen LogP contribution in [0.4, 0.5) is 0 Å². The molecule has 1 aromatic carbocycles. The second-order valence-corrected chi connectivity index (χ2v) is 8.66. The predicted molar refractivity (Wildman–Crippen MR) is 105 cm³/mol. The first-order chi connectivity index (χ1) is 13.4. The molecular weight excluding hydrogens is 378 g/mol. The van der Waals surface area contributed by atoms with Gasteiger partial charge in [0.1, 0.15) is 18.7 Å². The third-order valence-electron chi connectivity index (χ3n) is 5.30. The highest BCUT2D eigenvalue weighted by Gasteiger charge is 2.48. The number of hydrogen-bond acceptors (Lipinski definition) is 6. The van der Waals surface area contributed by atoms with Crippen molar-refractivity contribution in [1.29, 1.82) is 0 Å². The molecule has 7 nitrogen and oxygen atoms in total. The molecule has 2 saturated heterocycles. The molecule has 3 unspecified atom stereocenters. The van der Waals surface area contributed by atoms with Crippen LogP contribution in [0.3, 0.4) is 0 Å². The van der Waals surface area contributed by atoms with E-state index in [4.69, 9.17) is 4.74 Å². The first-order valence-electron chi connectivity index (χ1n) is 9.53. The minimum atomic E-state index is -0.675. The molecule has 2 aliphatic rings. The number of fused-ring (bicyclic) bond motifs is 2. The lowest BCUT2D eigenvalue weighted by Crippen LogP contribution is -2.52. The average molecular weight is 401 g/mol. The van der Waals surface area contributed by atoms with Crippen LogP contribution in [0.15, 0.2) is 23.7 Å². The Hall–Kier alpha value is -2.32. The number of rotatable bonds is 5. The van der Waals surface area contributed by atoms with E-state index in [2.05, 4.69) is 10.3 Å². The molecule has 0 aliphatic carbocycles. The van der Waals surface area contributed by atoms with Crippen LogP contribution in [0.1, 0.15) is 37.0 Å². The second kappa shape index (κ2) is 7.60. The summed E-state index contributed by atoms with van der Waals surface area (Å²) in [6, 6.07) is 4.16. The highest BCUT2D eigenvalue weighted by atomic mass is 32.1. The van der Waals surface area contributed by atoms with E-state index in [1.54, 1.807) is 22.5 Å². The number of aromatic nitrogens is 1. The maximum absolute atomic E-state index is 13.2. The Morgan fingerprint density at radius 2 is 2.21 bits per heavy atom. The standard InChI is InChI=1S/C20H23N3O4S/c1-11(2)7-14(20(26)23-6-5-16-18(23)15(24)9-27-16)22-19(25)12-3-4-17-13(8-12)21-10-28-17/h3-4,8,10-11,14,16,18H,5-7,9H2,1-2H3,(H,22,25). The molecule has 4 rings (SSSR count). The Morgan fingerprint density at radius 1 is 1.39 bits per heavy atom. The summed E-state index contributed by atoms with van der Waals surface area (Å²) in [6.45, 7) is 4.55. The normalized spacial score (nSPS) is 22.7. The van der Waals surface area contributed by atoms with Crippen LogP contribution < -0.4 is 5.32 Å². The smallest absolute Gasteiger partial charge is 0.252 e. The number of ketones is 1. The van der Waals surface area contributed by atoms with Crippen LogP contribution in [0.2, 0.25) is 0 Å². The van der Waals surface area contributed by atoms with Gasteiger partial charge in [-0.2, -0.15) is 0 Å². The maximum Gasteiger partial charge on any atom is 0.252 e. The third kappa shape index (κ3) is 3.54. The van der Waals surface area contributed by atoms with Crippen molar-refractivity contribution in [3.8, 4) is 0 Å². The summed E-state index contributed by atoms with van der Waals surface area (Å²) in [6.07, 6.45) is 0.955. The molecule has 2 amide bonds. The third-order valence-corrected chi connectivity index (χ3v) is 6.11. The first-order valence-corrected chi connectivity index (χ1v) is 10.4. The minimum Gasteiger partial charge on any atom is -0.368 e. The molecule has 0 saturated carbocycles. The van der Waals surface area contributed by atoms with Crippen LogP contribution in [0.5, 0.6) is 0 Å². The van der Waals surface area contributed by atoms with Crippen LogP contribution in [0, 0.1) is 5.92 Å². The SMILES string of the molecule is CC(C)CC(NC(=O)c1ccc2scnc2c1)C(=O)N1CCC2OCC(=O)C21. The van der Waals surface area contributed by atoms with E-state index in [-0.39, 0.29) is 36.2 Å². The summed E-state index contributed by atoms with van der Waals surface area (Å²) in [4.78, 5) is 44.0. The van der Waals surface area contributed by atoms with E-state index >= 15 is 0 Å². The lowest BCUT2D eigenvalue weighted by Gasteiger charge is -2.28. The molecule has 2 aliphatic heterocycles. The van der Waals surface area contributed by atoms with Gasteiger partial charge in [0, 0.05) is 12.1 Å². The van der Waals surface area contributed by atoms with Gasteiger partial charge in [0.15, 0.2) is 5.78 Å². The molecular formula is C20H23N3O4S. The Balaban J connectivity index is 1.53. The van der Waals surface area contributed by atoms with Crippen molar-refractivity contribution < 1.29 is 19.1 Å². The number of amides is 2. The average Bonchev–Trinajstić information content (AvgIpc) is 3.37. The molecule has 3 atom stereocenters. The Kier molecular flexibility index (Phi) is 5.16. The molecule has 8 heteroatoms. The van der Waals surface area contributed by atoms with Crippen molar-refractivity contribution in [3.05, 3.63) is 29.3 Å². The van der Waals surface area contributed by atoms with E-state index < -0.39 is 12.1 Å². The van der Waals surface area contributed by atoms with Crippen LogP contribution in [-0.2, 0) is 14.3 Å². The second-order valence-electron chi connectivity index (χ2n) is 7.77. The highest BCUT2D eigenvalue weighted by molar-refractivity contribution is 7.16. The molecule has 1 N–H and O–H groups in total. The van der Waals surface area contributed by atoms with Crippen molar-refractivity contribution in [2.75, 3.05) is 13.2 Å². The van der Waals surface area contributed by atoms with Gasteiger partial charge in [0.05, 0.1) is 21.8 Å². The predicted octanol–water partition coefficient (Wildman–Crippen LogP) is 2.01. The fourth-order valence-corrected chi connectivity index (χ4v) is 4.63. The summed E-state index contributed by atoms with van der Waals surface area (Å²) in [5, 5.41) is 2.89. The number of hydrogen-bond donors (Lipinski definition) is 1. The zero-order valence-electron chi connectivity index (χ0n) is 15.9. The van der Waals surface area contributed by atoms with Crippen LogP contribution in [0.25, 0.3) is 10.2 Å². The molecule has 2 aromatic rings. The summed E-state index contributed by atoms with van der Waals surface area (Å²) in [7, 11) is 0. The van der Waals surface area contributed by atoms with Gasteiger partial charge in [0.25, 0.3) is 5.91 Å². The molecule has 0 spiro atoms. The number of thiazole rings is 1. The van der Waals surface area contributed by atoms with E-state index in [1.165, 1.54) is 11.3 Å². The fraction of sp³-hybridized carbons (Fsp3) is 0.500. The largest absolute Gasteiger partial charge is 0.368 e. The van der Waals surface area contributed by atoms with E-state index in [0.29, 0.717) is 24.9 Å². The fourth-order valence-electron chi connectivity index (χ4n) is 3.98. The van der Waals surface area contributed by atoms with E-state index in [1.807, 2.05) is 19.9 Å². The lowest BCUT2D eigenvalue weighted by molar-refractivity contribution is -0.138. The van der Waals surface area contributed by atoms with Crippen molar-refractivity contribution in [2.24, 2.45) is 5.92 Å². The van der Waals surface area contributed by atoms with Gasteiger partial charge in [0.2, 0.25) is 5.91 Å². The van der Waals surface area contributed by atoms with Crippen LogP contribution >= 0.6 is 11.3 Å². The Labute approximate surface area is 167 Å². The molecule has 28 heavy (non-hydrogen) atoms. The minimum absolute atomic E-state index is 0.0561. The van der Waals surface area contributed by atoms with Crippen molar-refractivity contribution in [2.45, 2.75) is 44.9 Å². The summed E-state index contributed by atoms with van der Waals surface area (Å²) in [5.41, 5.74) is 2.97. The summed E-state index contributed by atoms with van der Waals surface area (Å²) in [5.74, 6) is -0.356. The van der Waals surface area contributed by atoms with Gasteiger partial charge < -0.3 is 15.0 Å². The molecule has 3 heterocycles. The molecule has 0 radical (unpaired) electrons. The number of likely N-dealkylation sites (tertiary alicyclic amines) is 1. The monoisotopic (exact) mass is 401 g/mol. The maximum atomic E-state index is 13.2. The number of benzene rings is 1. The molecule has 148 valence electrons. The quantitative estimate of drug-likeness (QED) is 0.828. The number of Topliss-reactive ketones (excluding diaryl/α,β-unsaturated/α-hetero) is 1. The van der Waals surface area contributed by atoms with Gasteiger partial charge >= 0.3 is 0 Å². The van der Waals surface area contributed by atoms with Gasteiger partial charge in [-0.1, -0.05) is 13.8 Å². The van der Waals surface area contributed by atoms with Crippen molar-refractivity contribution >= 4 is 39.2 Å². The zero-order valence-corrected chi connectivity index (χ0v) is 16.7. The van der Waals surface area contributed by atoms with Gasteiger partial charge in [-0.25, -0.2) is 4.98 Å². The lowest BCUT2D eigenvalue weighted by atomic mass is 10.0. The number of ether oxygens (including phenoxy) is 1. The number of carbonyl (C=O) groups is 3.